The van der Waals surface area contributed by atoms with Gasteiger partial charge in [0.2, 0.25) is 5.95 Å². The predicted molar refractivity (Wildman–Crippen MR) is 62.2 cm³/mol. The number of aromatic nitrogens is 2. The molecule has 0 aliphatic carbocycles. The lowest BCUT2D eigenvalue weighted by atomic mass is 10.0. The van der Waals surface area contributed by atoms with E-state index in [4.69, 9.17) is 0 Å². The molecule has 1 aromatic rings. The minimum absolute atomic E-state index is 0.222. The molecule has 0 aromatic carbocycles. The summed E-state index contributed by atoms with van der Waals surface area (Å²) in [4.78, 5) is 11.0. The highest BCUT2D eigenvalue weighted by atomic mass is 15.3. The van der Waals surface area contributed by atoms with Crippen LogP contribution in [0.2, 0.25) is 0 Å². The Bertz CT molecular complexity index is 348. The summed E-state index contributed by atoms with van der Waals surface area (Å²) in [5.41, 5.74) is 0.222. The largest absolute Gasteiger partial charge is 0.357 e. The maximum absolute atomic E-state index is 4.47. The summed E-state index contributed by atoms with van der Waals surface area (Å²) in [6, 6.07) is 1.98. The van der Waals surface area contributed by atoms with Gasteiger partial charge in [0.1, 0.15) is 5.82 Å². The third-order valence-corrected chi connectivity index (χ3v) is 3.04. The summed E-state index contributed by atoms with van der Waals surface area (Å²) in [5, 5.41) is 2.97. The van der Waals surface area contributed by atoms with Crippen LogP contribution in [0.4, 0.5) is 11.8 Å². The normalized spacial score (nSPS) is 19.3. The molecule has 82 valence electrons. The molecule has 1 aliphatic rings. The van der Waals surface area contributed by atoms with Crippen LogP contribution >= 0.6 is 0 Å². The number of rotatable bonds is 2. The predicted octanol–water partition coefficient (Wildman–Crippen LogP) is 1.90. The minimum Gasteiger partial charge on any atom is -0.357 e. The number of hydrogen-bond donors (Lipinski definition) is 1. The van der Waals surface area contributed by atoms with E-state index in [1.165, 1.54) is 12.8 Å². The Kier molecular flexibility index (Phi) is 2.50. The van der Waals surface area contributed by atoms with Crippen LogP contribution < -0.4 is 10.2 Å². The molecular formula is C11H18N4. The van der Waals surface area contributed by atoms with Crippen LogP contribution in [0.3, 0.4) is 0 Å². The Balaban J connectivity index is 2.29. The van der Waals surface area contributed by atoms with Crippen molar-refractivity contribution in [1.82, 2.24) is 9.97 Å². The van der Waals surface area contributed by atoms with Crippen molar-refractivity contribution in [2.75, 3.05) is 23.8 Å². The van der Waals surface area contributed by atoms with Crippen molar-refractivity contribution in [3.63, 3.8) is 0 Å². The highest BCUT2D eigenvalue weighted by Crippen LogP contribution is 2.32. The minimum atomic E-state index is 0.222. The fourth-order valence-electron chi connectivity index (χ4n) is 2.15. The lowest BCUT2D eigenvalue weighted by molar-refractivity contribution is 0.514. The third-order valence-electron chi connectivity index (χ3n) is 3.04. The quantitative estimate of drug-likeness (QED) is 0.802. The van der Waals surface area contributed by atoms with Gasteiger partial charge in [-0.3, -0.25) is 0 Å². The Morgan fingerprint density at radius 3 is 2.87 bits per heavy atom. The van der Waals surface area contributed by atoms with Gasteiger partial charge >= 0.3 is 0 Å². The van der Waals surface area contributed by atoms with E-state index in [0.29, 0.717) is 5.95 Å². The van der Waals surface area contributed by atoms with Crippen molar-refractivity contribution < 1.29 is 0 Å². The van der Waals surface area contributed by atoms with Crippen molar-refractivity contribution in [1.29, 1.82) is 0 Å². The molecule has 0 unspecified atom stereocenters. The van der Waals surface area contributed by atoms with E-state index in [1.54, 1.807) is 0 Å². The maximum atomic E-state index is 4.47. The van der Waals surface area contributed by atoms with E-state index in [-0.39, 0.29) is 5.54 Å². The molecule has 15 heavy (non-hydrogen) atoms. The molecule has 1 aliphatic heterocycles. The molecule has 1 fully saturated rings. The molecule has 1 saturated heterocycles. The van der Waals surface area contributed by atoms with Gasteiger partial charge in [-0.2, -0.15) is 4.98 Å². The Labute approximate surface area is 90.7 Å². The first-order chi connectivity index (χ1) is 7.13. The monoisotopic (exact) mass is 206 g/mol. The van der Waals surface area contributed by atoms with E-state index in [1.807, 2.05) is 19.3 Å². The van der Waals surface area contributed by atoms with E-state index in [2.05, 4.69) is 34.0 Å². The van der Waals surface area contributed by atoms with E-state index in [0.717, 1.165) is 12.4 Å². The van der Waals surface area contributed by atoms with Crippen molar-refractivity contribution >= 4 is 11.8 Å². The summed E-state index contributed by atoms with van der Waals surface area (Å²) in [7, 11) is 1.84. The lowest BCUT2D eigenvalue weighted by Gasteiger charge is -2.32. The molecular weight excluding hydrogens is 188 g/mol. The summed E-state index contributed by atoms with van der Waals surface area (Å²) in [6.45, 7) is 5.62. The van der Waals surface area contributed by atoms with Gasteiger partial charge in [0, 0.05) is 25.3 Å². The Hall–Kier alpha value is -1.32. The van der Waals surface area contributed by atoms with Gasteiger partial charge in [0.25, 0.3) is 0 Å². The first kappa shape index (κ1) is 10.2. The zero-order chi connectivity index (χ0) is 10.9. The van der Waals surface area contributed by atoms with Crippen LogP contribution in [-0.4, -0.2) is 29.1 Å². The molecule has 4 nitrogen and oxygen atoms in total. The average molecular weight is 206 g/mol. The third kappa shape index (κ3) is 1.89. The van der Waals surface area contributed by atoms with E-state index < -0.39 is 0 Å². The number of nitrogens with zero attached hydrogens (tertiary/aromatic N) is 3. The highest BCUT2D eigenvalue weighted by Gasteiger charge is 2.32. The number of nitrogens with one attached hydrogen (secondary N) is 1. The maximum Gasteiger partial charge on any atom is 0.224 e. The van der Waals surface area contributed by atoms with E-state index >= 15 is 0 Å². The fraction of sp³-hybridized carbons (Fsp3) is 0.636. The van der Waals surface area contributed by atoms with Crippen LogP contribution in [0.5, 0.6) is 0 Å². The molecule has 2 rings (SSSR count). The topological polar surface area (TPSA) is 41.1 Å². The van der Waals surface area contributed by atoms with Crippen LogP contribution in [-0.2, 0) is 0 Å². The molecule has 2 heterocycles. The standard InChI is InChI=1S/C11H18N4/c1-11(2)6-4-8-15(11)9-5-7-13-10(12-3)14-9/h5,7H,4,6,8H2,1-3H3,(H,12,13,14). The molecule has 0 saturated carbocycles. The molecule has 0 bridgehead atoms. The number of hydrogen-bond acceptors (Lipinski definition) is 4. The Morgan fingerprint density at radius 1 is 1.47 bits per heavy atom. The van der Waals surface area contributed by atoms with Crippen molar-refractivity contribution in [3.8, 4) is 0 Å². The van der Waals surface area contributed by atoms with Gasteiger partial charge in [-0.15, -0.1) is 0 Å². The van der Waals surface area contributed by atoms with Crippen LogP contribution in [0.25, 0.3) is 0 Å². The van der Waals surface area contributed by atoms with Gasteiger partial charge in [0.05, 0.1) is 0 Å². The van der Waals surface area contributed by atoms with Crippen LogP contribution in [0.1, 0.15) is 26.7 Å². The second kappa shape index (κ2) is 3.68. The first-order valence-corrected chi connectivity index (χ1v) is 5.42. The SMILES string of the molecule is CNc1nccc(N2CCCC2(C)C)n1. The summed E-state index contributed by atoms with van der Waals surface area (Å²) >= 11 is 0. The number of anilines is 2. The first-order valence-electron chi connectivity index (χ1n) is 5.42. The summed E-state index contributed by atoms with van der Waals surface area (Å²) < 4.78 is 0. The smallest absolute Gasteiger partial charge is 0.224 e. The van der Waals surface area contributed by atoms with Gasteiger partial charge < -0.3 is 10.2 Å². The molecule has 0 amide bonds. The van der Waals surface area contributed by atoms with Gasteiger partial charge in [-0.1, -0.05) is 0 Å². The summed E-state index contributed by atoms with van der Waals surface area (Å²) in [5.74, 6) is 1.71. The fourth-order valence-corrected chi connectivity index (χ4v) is 2.15. The van der Waals surface area contributed by atoms with Crippen molar-refractivity contribution in [2.45, 2.75) is 32.2 Å². The second-order valence-corrected chi connectivity index (χ2v) is 4.56. The van der Waals surface area contributed by atoms with Gasteiger partial charge in [-0.05, 0) is 32.8 Å². The average Bonchev–Trinajstić information content (AvgIpc) is 2.58. The summed E-state index contributed by atoms with van der Waals surface area (Å²) in [6.07, 6.45) is 4.28. The molecule has 4 heteroatoms. The zero-order valence-corrected chi connectivity index (χ0v) is 9.62. The zero-order valence-electron chi connectivity index (χ0n) is 9.62. The van der Waals surface area contributed by atoms with Gasteiger partial charge in [0.15, 0.2) is 0 Å². The Morgan fingerprint density at radius 2 is 2.27 bits per heavy atom. The second-order valence-electron chi connectivity index (χ2n) is 4.56. The van der Waals surface area contributed by atoms with Crippen LogP contribution in [0.15, 0.2) is 12.3 Å². The molecule has 1 aromatic heterocycles. The van der Waals surface area contributed by atoms with Crippen molar-refractivity contribution in [3.05, 3.63) is 12.3 Å². The van der Waals surface area contributed by atoms with Crippen molar-refractivity contribution in [2.24, 2.45) is 0 Å². The lowest BCUT2D eigenvalue weighted by Crippen LogP contribution is -2.38. The molecule has 1 N–H and O–H groups in total. The van der Waals surface area contributed by atoms with Gasteiger partial charge in [-0.25, -0.2) is 4.98 Å². The van der Waals surface area contributed by atoms with Crippen LogP contribution in [0, 0.1) is 0 Å². The molecule has 0 radical (unpaired) electrons. The highest BCUT2D eigenvalue weighted by molar-refractivity contribution is 5.45. The molecule has 0 atom stereocenters. The van der Waals surface area contributed by atoms with E-state index in [9.17, 15) is 0 Å². The molecule has 0 spiro atoms.